The van der Waals surface area contributed by atoms with Crippen LogP contribution in [0.5, 0.6) is 5.75 Å². The van der Waals surface area contributed by atoms with Gasteiger partial charge in [0.2, 0.25) is 0 Å². The molecular formula is C24H17N3O7. The molecule has 0 atom stereocenters. The smallest absolute Gasteiger partial charge is 0.269 e. The zero-order chi connectivity index (χ0) is 24.1. The predicted molar refractivity (Wildman–Crippen MR) is 124 cm³/mol. The Morgan fingerprint density at radius 1 is 0.941 bits per heavy atom. The SMILES string of the molecule is O=C(COc1ccc2c(=O)ccoc2c1)Nc1cccc(NC(=O)c2ccc([N+](=O)[O-])cc2)c1. The van der Waals surface area contributed by atoms with Gasteiger partial charge in [0.05, 0.1) is 16.6 Å². The molecule has 2 N–H and O–H groups in total. The Kier molecular flexibility index (Phi) is 6.31. The fraction of sp³-hybridized carbons (Fsp3) is 0.0417. The lowest BCUT2D eigenvalue weighted by molar-refractivity contribution is -0.384. The molecule has 4 rings (SSSR count). The van der Waals surface area contributed by atoms with Crippen LogP contribution in [-0.4, -0.2) is 23.3 Å². The maximum atomic E-state index is 12.4. The average molecular weight is 459 g/mol. The third-order valence-electron chi connectivity index (χ3n) is 4.75. The van der Waals surface area contributed by atoms with Crippen molar-refractivity contribution in [1.82, 2.24) is 0 Å². The molecule has 170 valence electrons. The molecule has 10 nitrogen and oxygen atoms in total. The first-order valence-electron chi connectivity index (χ1n) is 9.99. The van der Waals surface area contributed by atoms with Gasteiger partial charge in [-0.15, -0.1) is 0 Å². The molecule has 1 aromatic heterocycles. The van der Waals surface area contributed by atoms with Gasteiger partial charge in [0.1, 0.15) is 11.3 Å². The molecule has 1 heterocycles. The van der Waals surface area contributed by atoms with Crippen molar-refractivity contribution in [2.45, 2.75) is 0 Å². The van der Waals surface area contributed by atoms with E-state index in [4.69, 9.17) is 9.15 Å². The van der Waals surface area contributed by atoms with Crippen LogP contribution < -0.4 is 20.8 Å². The summed E-state index contributed by atoms with van der Waals surface area (Å²) in [5.74, 6) is -0.528. The molecule has 0 saturated heterocycles. The number of non-ortho nitro benzene ring substituents is 1. The second-order valence-electron chi connectivity index (χ2n) is 7.12. The van der Waals surface area contributed by atoms with Crippen molar-refractivity contribution >= 4 is 39.8 Å². The highest BCUT2D eigenvalue weighted by molar-refractivity contribution is 6.04. The normalized spacial score (nSPS) is 10.5. The predicted octanol–water partition coefficient (Wildman–Crippen LogP) is 3.97. The Balaban J connectivity index is 1.35. The molecule has 0 fully saturated rings. The van der Waals surface area contributed by atoms with E-state index in [1.165, 1.54) is 42.7 Å². The van der Waals surface area contributed by atoms with Crippen LogP contribution in [0.4, 0.5) is 17.1 Å². The molecular weight excluding hydrogens is 442 g/mol. The molecule has 0 saturated carbocycles. The molecule has 34 heavy (non-hydrogen) atoms. The van der Waals surface area contributed by atoms with Crippen LogP contribution in [0, 0.1) is 10.1 Å². The summed E-state index contributed by atoms with van der Waals surface area (Å²) in [5.41, 5.74) is 1.16. The third kappa shape index (κ3) is 5.25. The number of carbonyl (C=O) groups is 2. The van der Waals surface area contributed by atoms with Crippen LogP contribution in [0.2, 0.25) is 0 Å². The third-order valence-corrected chi connectivity index (χ3v) is 4.75. The summed E-state index contributed by atoms with van der Waals surface area (Å²) in [6.45, 7) is -0.290. The van der Waals surface area contributed by atoms with Crippen LogP contribution in [0.1, 0.15) is 10.4 Å². The second-order valence-corrected chi connectivity index (χ2v) is 7.12. The van der Waals surface area contributed by atoms with Gasteiger partial charge < -0.3 is 19.8 Å². The van der Waals surface area contributed by atoms with Gasteiger partial charge in [0.25, 0.3) is 17.5 Å². The monoisotopic (exact) mass is 459 g/mol. The Hall–Kier alpha value is -4.99. The Morgan fingerprint density at radius 2 is 1.68 bits per heavy atom. The summed E-state index contributed by atoms with van der Waals surface area (Å²) < 4.78 is 10.8. The first kappa shape index (κ1) is 22.2. The largest absolute Gasteiger partial charge is 0.484 e. The summed E-state index contributed by atoms with van der Waals surface area (Å²) in [6, 6.07) is 17.7. The van der Waals surface area contributed by atoms with E-state index in [9.17, 15) is 24.5 Å². The van der Waals surface area contributed by atoms with Gasteiger partial charge in [-0.1, -0.05) is 6.07 Å². The lowest BCUT2D eigenvalue weighted by atomic mass is 10.2. The van der Waals surface area contributed by atoms with Crippen LogP contribution in [-0.2, 0) is 4.79 Å². The number of ether oxygens (including phenoxy) is 1. The standard InChI is InChI=1S/C24H17N3O7/c28-21-10-11-33-22-13-19(8-9-20(21)22)34-14-23(29)25-16-2-1-3-17(12-16)26-24(30)15-4-6-18(7-5-15)27(31)32/h1-13H,14H2,(H,25,29)(H,26,30). The summed E-state index contributed by atoms with van der Waals surface area (Å²) in [5, 5.41) is 16.5. The van der Waals surface area contributed by atoms with Crippen LogP contribution >= 0.6 is 0 Å². The fourth-order valence-electron chi connectivity index (χ4n) is 3.11. The Labute approximate surface area is 191 Å². The molecule has 4 aromatic rings. The van der Waals surface area contributed by atoms with E-state index in [0.29, 0.717) is 28.1 Å². The number of rotatable bonds is 7. The molecule has 0 aliphatic heterocycles. The van der Waals surface area contributed by atoms with E-state index < -0.39 is 16.7 Å². The van der Waals surface area contributed by atoms with E-state index in [1.807, 2.05) is 0 Å². The van der Waals surface area contributed by atoms with Crippen molar-refractivity contribution in [2.75, 3.05) is 17.2 Å². The molecule has 0 radical (unpaired) electrons. The topological polar surface area (TPSA) is 141 Å². The summed E-state index contributed by atoms with van der Waals surface area (Å²) in [7, 11) is 0. The molecule has 0 unspecified atom stereocenters. The van der Waals surface area contributed by atoms with E-state index in [2.05, 4.69) is 10.6 Å². The van der Waals surface area contributed by atoms with Gasteiger partial charge >= 0.3 is 0 Å². The minimum Gasteiger partial charge on any atom is -0.484 e. The summed E-state index contributed by atoms with van der Waals surface area (Å²) in [4.78, 5) is 46.6. The van der Waals surface area contributed by atoms with E-state index in [-0.39, 0.29) is 23.3 Å². The number of nitro groups is 1. The van der Waals surface area contributed by atoms with Crippen molar-refractivity contribution in [3.8, 4) is 5.75 Å². The van der Waals surface area contributed by atoms with Gasteiger partial charge in [0.15, 0.2) is 12.0 Å². The number of anilines is 2. The maximum absolute atomic E-state index is 12.4. The first-order valence-corrected chi connectivity index (χ1v) is 9.99. The Bertz CT molecular complexity index is 1450. The molecule has 10 heteroatoms. The van der Waals surface area contributed by atoms with Gasteiger partial charge in [0, 0.05) is 41.2 Å². The van der Waals surface area contributed by atoms with Crippen molar-refractivity contribution < 1.29 is 23.7 Å². The van der Waals surface area contributed by atoms with Crippen LogP contribution in [0.15, 0.2) is 88.3 Å². The number of nitrogens with one attached hydrogen (secondary N) is 2. The lowest BCUT2D eigenvalue weighted by Gasteiger charge is -2.10. The number of benzene rings is 3. The number of amides is 2. The summed E-state index contributed by atoms with van der Waals surface area (Å²) >= 11 is 0. The van der Waals surface area contributed by atoms with Crippen molar-refractivity contribution in [2.24, 2.45) is 0 Å². The molecule has 0 aliphatic rings. The highest BCUT2D eigenvalue weighted by Crippen LogP contribution is 2.20. The highest BCUT2D eigenvalue weighted by Gasteiger charge is 2.11. The molecule has 0 aliphatic carbocycles. The van der Waals surface area contributed by atoms with Crippen molar-refractivity contribution in [3.63, 3.8) is 0 Å². The number of fused-ring (bicyclic) bond motifs is 1. The fourth-order valence-corrected chi connectivity index (χ4v) is 3.11. The molecule has 0 bridgehead atoms. The van der Waals surface area contributed by atoms with Gasteiger partial charge in [-0.2, -0.15) is 0 Å². The van der Waals surface area contributed by atoms with Crippen molar-refractivity contribution in [1.29, 1.82) is 0 Å². The molecule has 0 spiro atoms. The zero-order valence-corrected chi connectivity index (χ0v) is 17.5. The number of nitro benzene ring substituents is 1. The van der Waals surface area contributed by atoms with E-state index >= 15 is 0 Å². The lowest BCUT2D eigenvalue weighted by Crippen LogP contribution is -2.20. The minimum absolute atomic E-state index is 0.114. The number of hydrogen-bond acceptors (Lipinski definition) is 7. The maximum Gasteiger partial charge on any atom is 0.269 e. The second kappa shape index (κ2) is 9.65. The minimum atomic E-state index is -0.546. The van der Waals surface area contributed by atoms with Gasteiger partial charge in [-0.25, -0.2) is 0 Å². The van der Waals surface area contributed by atoms with Gasteiger partial charge in [-0.3, -0.25) is 24.5 Å². The van der Waals surface area contributed by atoms with E-state index in [1.54, 1.807) is 36.4 Å². The van der Waals surface area contributed by atoms with Crippen molar-refractivity contribution in [3.05, 3.63) is 105 Å². The number of nitrogens with zero attached hydrogens (tertiary/aromatic N) is 1. The first-order chi connectivity index (χ1) is 16.4. The van der Waals surface area contributed by atoms with Gasteiger partial charge in [-0.05, 0) is 42.5 Å². The average Bonchev–Trinajstić information content (AvgIpc) is 2.83. The highest BCUT2D eigenvalue weighted by atomic mass is 16.6. The zero-order valence-electron chi connectivity index (χ0n) is 17.5. The number of carbonyl (C=O) groups excluding carboxylic acids is 2. The van der Waals surface area contributed by atoms with Crippen LogP contribution in [0.3, 0.4) is 0 Å². The Morgan fingerprint density at radius 3 is 2.41 bits per heavy atom. The summed E-state index contributed by atoms with van der Waals surface area (Å²) in [6.07, 6.45) is 1.29. The quantitative estimate of drug-likeness (QED) is 0.315. The van der Waals surface area contributed by atoms with Crippen LogP contribution in [0.25, 0.3) is 11.0 Å². The number of hydrogen-bond donors (Lipinski definition) is 2. The molecule has 2 amide bonds. The molecule has 3 aromatic carbocycles. The van der Waals surface area contributed by atoms with E-state index in [0.717, 1.165) is 0 Å².